The zero-order valence-corrected chi connectivity index (χ0v) is 12.9. The Morgan fingerprint density at radius 3 is 1.80 bits per heavy atom. The van der Waals surface area contributed by atoms with Crippen LogP contribution >= 0.6 is 0 Å². The van der Waals surface area contributed by atoms with Gasteiger partial charge in [-0.05, 0) is 35.1 Å². The average Bonchev–Trinajstić information content (AvgIpc) is 2.46. The highest BCUT2D eigenvalue weighted by atomic mass is 14.9. The molecular formula is C19H25N. The minimum Gasteiger partial charge on any atom is -0.378 e. The normalized spacial score (nSPS) is 12.7. The van der Waals surface area contributed by atoms with Crippen molar-refractivity contribution >= 4 is 5.69 Å². The van der Waals surface area contributed by atoms with E-state index in [0.717, 1.165) is 0 Å². The Kier molecular flexibility index (Phi) is 4.84. The minimum atomic E-state index is 0.348. The fraction of sp³-hybridized carbons (Fsp3) is 0.368. The summed E-state index contributed by atoms with van der Waals surface area (Å²) in [6.45, 7) is 8.97. The third-order valence-electron chi connectivity index (χ3n) is 3.72. The number of hydrogen-bond acceptors (Lipinski definition) is 1. The van der Waals surface area contributed by atoms with Gasteiger partial charge in [0.25, 0.3) is 0 Å². The van der Waals surface area contributed by atoms with E-state index in [9.17, 15) is 0 Å². The zero-order valence-electron chi connectivity index (χ0n) is 12.9. The summed E-state index contributed by atoms with van der Waals surface area (Å²) in [5, 5.41) is 3.66. The van der Waals surface area contributed by atoms with Gasteiger partial charge in [0.15, 0.2) is 0 Å². The molecule has 0 aliphatic rings. The van der Waals surface area contributed by atoms with Crippen molar-refractivity contribution in [3.8, 4) is 0 Å². The fourth-order valence-corrected chi connectivity index (χ4v) is 2.44. The molecule has 0 spiro atoms. The Bertz CT molecular complexity index is 511. The Labute approximate surface area is 123 Å². The number of nitrogens with one attached hydrogen (secondary N) is 1. The maximum atomic E-state index is 3.66. The van der Waals surface area contributed by atoms with Gasteiger partial charge in [0.05, 0.1) is 6.04 Å². The molecule has 0 bridgehead atoms. The monoisotopic (exact) mass is 267 g/mol. The van der Waals surface area contributed by atoms with Crippen LogP contribution in [0.15, 0.2) is 54.6 Å². The van der Waals surface area contributed by atoms with Crippen molar-refractivity contribution in [3.63, 3.8) is 0 Å². The number of hydrogen-bond donors (Lipinski definition) is 1. The summed E-state index contributed by atoms with van der Waals surface area (Å²) < 4.78 is 0. The molecule has 2 rings (SSSR count). The summed E-state index contributed by atoms with van der Waals surface area (Å²) in [5.41, 5.74) is 3.92. The van der Waals surface area contributed by atoms with E-state index in [1.807, 2.05) is 0 Å². The van der Waals surface area contributed by atoms with Gasteiger partial charge in [0.2, 0.25) is 0 Å². The van der Waals surface area contributed by atoms with Crippen molar-refractivity contribution in [1.82, 2.24) is 0 Å². The van der Waals surface area contributed by atoms with Crippen molar-refractivity contribution in [2.75, 3.05) is 5.32 Å². The van der Waals surface area contributed by atoms with E-state index >= 15 is 0 Å². The van der Waals surface area contributed by atoms with E-state index in [0.29, 0.717) is 17.9 Å². The lowest BCUT2D eigenvalue weighted by Crippen LogP contribution is -2.16. The van der Waals surface area contributed by atoms with Crippen molar-refractivity contribution in [1.29, 1.82) is 0 Å². The molecule has 1 atom stereocenters. The maximum absolute atomic E-state index is 3.66. The minimum absolute atomic E-state index is 0.348. The average molecular weight is 267 g/mol. The van der Waals surface area contributed by atoms with Crippen LogP contribution in [0.2, 0.25) is 0 Å². The van der Waals surface area contributed by atoms with Gasteiger partial charge < -0.3 is 5.32 Å². The third-order valence-corrected chi connectivity index (χ3v) is 3.72. The Morgan fingerprint density at radius 1 is 0.700 bits per heavy atom. The quantitative estimate of drug-likeness (QED) is 0.741. The largest absolute Gasteiger partial charge is 0.378 e. The molecule has 1 nitrogen and oxygen atoms in total. The van der Waals surface area contributed by atoms with Crippen LogP contribution in [0.1, 0.15) is 50.8 Å². The van der Waals surface area contributed by atoms with Crippen LogP contribution < -0.4 is 5.32 Å². The third kappa shape index (κ3) is 3.63. The van der Waals surface area contributed by atoms with Gasteiger partial charge in [0.1, 0.15) is 0 Å². The molecule has 0 heterocycles. The molecule has 20 heavy (non-hydrogen) atoms. The highest BCUT2D eigenvalue weighted by Crippen LogP contribution is 2.27. The SMILES string of the molecule is CC(C)c1ccc(NC(c2ccccc2)C(C)C)cc1. The molecule has 0 saturated carbocycles. The fourth-order valence-electron chi connectivity index (χ4n) is 2.44. The summed E-state index contributed by atoms with van der Waals surface area (Å²) in [6, 6.07) is 19.8. The molecule has 0 fully saturated rings. The number of rotatable bonds is 5. The molecule has 0 aliphatic heterocycles. The highest BCUT2D eigenvalue weighted by Gasteiger charge is 2.15. The topological polar surface area (TPSA) is 12.0 Å². The first-order valence-electron chi connectivity index (χ1n) is 7.49. The molecule has 0 aliphatic carbocycles. The second-order valence-electron chi connectivity index (χ2n) is 6.05. The summed E-state index contributed by atoms with van der Waals surface area (Å²) in [4.78, 5) is 0. The second kappa shape index (κ2) is 6.60. The van der Waals surface area contributed by atoms with Crippen LogP contribution in [0.4, 0.5) is 5.69 Å². The second-order valence-corrected chi connectivity index (χ2v) is 6.05. The van der Waals surface area contributed by atoms with Crippen LogP contribution in [-0.4, -0.2) is 0 Å². The van der Waals surface area contributed by atoms with Gasteiger partial charge in [-0.25, -0.2) is 0 Å². The summed E-state index contributed by atoms with van der Waals surface area (Å²) in [5.74, 6) is 1.13. The van der Waals surface area contributed by atoms with E-state index in [-0.39, 0.29) is 0 Å². The van der Waals surface area contributed by atoms with E-state index in [2.05, 4.69) is 87.6 Å². The Morgan fingerprint density at radius 2 is 1.30 bits per heavy atom. The van der Waals surface area contributed by atoms with Crippen LogP contribution in [0.5, 0.6) is 0 Å². The van der Waals surface area contributed by atoms with E-state index in [1.54, 1.807) is 0 Å². The van der Waals surface area contributed by atoms with Gasteiger partial charge in [0, 0.05) is 5.69 Å². The number of anilines is 1. The molecule has 1 unspecified atom stereocenters. The lowest BCUT2D eigenvalue weighted by Gasteiger charge is -2.24. The van der Waals surface area contributed by atoms with Crippen molar-refractivity contribution < 1.29 is 0 Å². The molecular weight excluding hydrogens is 242 g/mol. The van der Waals surface area contributed by atoms with Gasteiger partial charge in [-0.2, -0.15) is 0 Å². The lowest BCUT2D eigenvalue weighted by atomic mass is 9.95. The lowest BCUT2D eigenvalue weighted by molar-refractivity contribution is 0.546. The van der Waals surface area contributed by atoms with Crippen LogP contribution in [-0.2, 0) is 0 Å². The van der Waals surface area contributed by atoms with Gasteiger partial charge in [-0.1, -0.05) is 70.2 Å². The van der Waals surface area contributed by atoms with Crippen molar-refractivity contribution in [2.24, 2.45) is 5.92 Å². The standard InChI is InChI=1S/C19H25N/c1-14(2)16-10-12-18(13-11-16)20-19(15(3)4)17-8-6-5-7-9-17/h5-15,19-20H,1-4H3. The summed E-state index contributed by atoms with van der Waals surface area (Å²) in [7, 11) is 0. The molecule has 1 N–H and O–H groups in total. The zero-order chi connectivity index (χ0) is 14.5. The first kappa shape index (κ1) is 14.6. The van der Waals surface area contributed by atoms with Crippen LogP contribution in [0.3, 0.4) is 0 Å². The number of benzene rings is 2. The van der Waals surface area contributed by atoms with E-state index in [4.69, 9.17) is 0 Å². The molecule has 0 saturated heterocycles. The van der Waals surface area contributed by atoms with Gasteiger partial charge >= 0.3 is 0 Å². The van der Waals surface area contributed by atoms with Gasteiger partial charge in [-0.15, -0.1) is 0 Å². The maximum Gasteiger partial charge on any atom is 0.0536 e. The first-order valence-corrected chi connectivity index (χ1v) is 7.49. The predicted molar refractivity (Wildman–Crippen MR) is 88.2 cm³/mol. The van der Waals surface area contributed by atoms with Crippen molar-refractivity contribution in [2.45, 2.75) is 39.7 Å². The Balaban J connectivity index is 2.17. The molecule has 0 radical (unpaired) electrons. The molecule has 0 amide bonds. The molecule has 2 aromatic rings. The molecule has 1 heteroatoms. The van der Waals surface area contributed by atoms with Crippen molar-refractivity contribution in [3.05, 3.63) is 65.7 Å². The van der Waals surface area contributed by atoms with Crippen LogP contribution in [0, 0.1) is 5.92 Å². The van der Waals surface area contributed by atoms with E-state index in [1.165, 1.54) is 16.8 Å². The Hall–Kier alpha value is -1.76. The summed E-state index contributed by atoms with van der Waals surface area (Å²) in [6.07, 6.45) is 0. The van der Waals surface area contributed by atoms with E-state index < -0.39 is 0 Å². The smallest absolute Gasteiger partial charge is 0.0536 e. The summed E-state index contributed by atoms with van der Waals surface area (Å²) >= 11 is 0. The predicted octanol–water partition coefficient (Wildman–Crippen LogP) is 5.62. The molecule has 2 aromatic carbocycles. The van der Waals surface area contributed by atoms with Gasteiger partial charge in [-0.3, -0.25) is 0 Å². The molecule has 0 aromatic heterocycles. The first-order chi connectivity index (χ1) is 9.58. The highest BCUT2D eigenvalue weighted by molar-refractivity contribution is 5.47. The molecule has 106 valence electrons. The van der Waals surface area contributed by atoms with Crippen LogP contribution in [0.25, 0.3) is 0 Å².